The molecule has 1 aliphatic carbocycles. The number of rotatable bonds is 1. The summed E-state index contributed by atoms with van der Waals surface area (Å²) in [7, 11) is 0. The summed E-state index contributed by atoms with van der Waals surface area (Å²) in [4.78, 5) is 0. The van der Waals surface area contributed by atoms with E-state index in [1.165, 1.54) is 0 Å². The normalized spacial score (nSPS) is 18.2. The van der Waals surface area contributed by atoms with Gasteiger partial charge in [0.1, 0.15) is 0 Å². The SMILES string of the molecule is Cc1cc(C2(O)CC2)c(O)c(O)c1C. The summed E-state index contributed by atoms with van der Waals surface area (Å²) >= 11 is 0. The Morgan fingerprint density at radius 2 is 1.71 bits per heavy atom. The second kappa shape index (κ2) is 2.64. The smallest absolute Gasteiger partial charge is 0.163 e. The third-order valence-corrected chi connectivity index (χ3v) is 3.01. The first kappa shape index (κ1) is 9.34. The monoisotopic (exact) mass is 194 g/mol. The van der Waals surface area contributed by atoms with E-state index in [0.29, 0.717) is 24.0 Å². The van der Waals surface area contributed by atoms with Gasteiger partial charge in [0.25, 0.3) is 0 Å². The summed E-state index contributed by atoms with van der Waals surface area (Å²) in [6.45, 7) is 3.59. The van der Waals surface area contributed by atoms with E-state index in [1.807, 2.05) is 6.92 Å². The molecule has 76 valence electrons. The summed E-state index contributed by atoms with van der Waals surface area (Å²) in [5, 5.41) is 29.1. The van der Waals surface area contributed by atoms with Crippen molar-refractivity contribution in [2.24, 2.45) is 0 Å². The van der Waals surface area contributed by atoms with Crippen molar-refractivity contribution < 1.29 is 15.3 Å². The summed E-state index contributed by atoms with van der Waals surface area (Å²) in [5.74, 6) is -0.284. The molecule has 1 aromatic rings. The Morgan fingerprint density at radius 3 is 2.21 bits per heavy atom. The Labute approximate surface area is 82.6 Å². The Morgan fingerprint density at radius 1 is 1.14 bits per heavy atom. The molecule has 3 heteroatoms. The molecule has 1 aliphatic rings. The molecule has 3 nitrogen and oxygen atoms in total. The van der Waals surface area contributed by atoms with Crippen LogP contribution in [0.25, 0.3) is 0 Å². The maximum absolute atomic E-state index is 9.85. The van der Waals surface area contributed by atoms with Gasteiger partial charge in [-0.05, 0) is 43.9 Å². The first-order valence-electron chi connectivity index (χ1n) is 4.71. The molecule has 0 heterocycles. The maximum atomic E-state index is 9.85. The zero-order chi connectivity index (χ0) is 10.5. The van der Waals surface area contributed by atoms with Gasteiger partial charge in [0.2, 0.25) is 0 Å². The highest BCUT2D eigenvalue weighted by molar-refractivity contribution is 5.56. The van der Waals surface area contributed by atoms with Crippen molar-refractivity contribution in [1.82, 2.24) is 0 Å². The van der Waals surface area contributed by atoms with Crippen molar-refractivity contribution >= 4 is 0 Å². The number of hydrogen-bond donors (Lipinski definition) is 3. The molecule has 0 saturated heterocycles. The van der Waals surface area contributed by atoms with Crippen LogP contribution in [0.5, 0.6) is 11.5 Å². The standard InChI is InChI=1S/C11H14O3/c1-6-5-8(11(14)3-4-11)10(13)9(12)7(6)2/h5,12-14H,3-4H2,1-2H3. The van der Waals surface area contributed by atoms with Crippen molar-refractivity contribution in [1.29, 1.82) is 0 Å². The van der Waals surface area contributed by atoms with Crippen LogP contribution < -0.4 is 0 Å². The molecule has 0 bridgehead atoms. The van der Waals surface area contributed by atoms with Gasteiger partial charge in [0.05, 0.1) is 5.60 Å². The number of phenolic OH excluding ortho intramolecular Hbond substituents is 2. The third kappa shape index (κ3) is 1.16. The van der Waals surface area contributed by atoms with E-state index in [-0.39, 0.29) is 11.5 Å². The highest BCUT2D eigenvalue weighted by Crippen LogP contribution is 2.51. The Balaban J connectivity index is 2.62. The molecular formula is C11H14O3. The molecule has 1 aromatic carbocycles. The lowest BCUT2D eigenvalue weighted by Crippen LogP contribution is -2.05. The quantitative estimate of drug-likeness (QED) is 0.596. The maximum Gasteiger partial charge on any atom is 0.163 e. The molecule has 0 aliphatic heterocycles. The van der Waals surface area contributed by atoms with Crippen LogP contribution in [0.1, 0.15) is 29.5 Å². The van der Waals surface area contributed by atoms with E-state index in [9.17, 15) is 15.3 Å². The minimum Gasteiger partial charge on any atom is -0.504 e. The Hall–Kier alpha value is -1.22. The summed E-state index contributed by atoms with van der Waals surface area (Å²) in [6.07, 6.45) is 1.31. The van der Waals surface area contributed by atoms with Crippen molar-refractivity contribution in [3.8, 4) is 11.5 Å². The lowest BCUT2D eigenvalue weighted by atomic mass is 9.99. The van der Waals surface area contributed by atoms with Gasteiger partial charge in [-0.1, -0.05) is 0 Å². The van der Waals surface area contributed by atoms with Gasteiger partial charge in [0.15, 0.2) is 11.5 Å². The van der Waals surface area contributed by atoms with Gasteiger partial charge >= 0.3 is 0 Å². The second-order valence-electron chi connectivity index (χ2n) is 4.09. The van der Waals surface area contributed by atoms with E-state index in [0.717, 1.165) is 5.56 Å². The van der Waals surface area contributed by atoms with E-state index in [1.54, 1.807) is 13.0 Å². The van der Waals surface area contributed by atoms with Crippen LogP contribution in [0.3, 0.4) is 0 Å². The fraction of sp³-hybridized carbons (Fsp3) is 0.455. The van der Waals surface area contributed by atoms with Gasteiger partial charge in [-0.15, -0.1) is 0 Å². The van der Waals surface area contributed by atoms with E-state index < -0.39 is 5.60 Å². The Bertz CT molecular complexity index is 392. The van der Waals surface area contributed by atoms with E-state index >= 15 is 0 Å². The number of aryl methyl sites for hydroxylation is 1. The summed E-state index contributed by atoms with van der Waals surface area (Å²) in [5.41, 5.74) is 1.10. The highest BCUT2D eigenvalue weighted by atomic mass is 16.3. The van der Waals surface area contributed by atoms with Gasteiger partial charge < -0.3 is 15.3 Å². The van der Waals surface area contributed by atoms with Crippen LogP contribution in [0, 0.1) is 13.8 Å². The molecule has 0 atom stereocenters. The predicted octanol–water partition coefficient (Wildman–Crippen LogP) is 1.70. The summed E-state index contributed by atoms with van der Waals surface area (Å²) in [6, 6.07) is 1.75. The molecule has 14 heavy (non-hydrogen) atoms. The van der Waals surface area contributed by atoms with Crippen molar-refractivity contribution in [3.05, 3.63) is 22.8 Å². The minimum absolute atomic E-state index is 0.111. The second-order valence-corrected chi connectivity index (χ2v) is 4.09. The summed E-state index contributed by atoms with van der Waals surface area (Å²) < 4.78 is 0. The van der Waals surface area contributed by atoms with Crippen molar-refractivity contribution in [3.63, 3.8) is 0 Å². The zero-order valence-electron chi connectivity index (χ0n) is 8.33. The average Bonchev–Trinajstić information content (AvgIpc) is 2.87. The Kier molecular flexibility index (Phi) is 1.76. The highest BCUT2D eigenvalue weighted by Gasteiger charge is 2.44. The number of phenols is 2. The van der Waals surface area contributed by atoms with Gasteiger partial charge in [-0.2, -0.15) is 0 Å². The number of aliphatic hydroxyl groups is 1. The van der Waals surface area contributed by atoms with Gasteiger partial charge in [-0.25, -0.2) is 0 Å². The van der Waals surface area contributed by atoms with E-state index in [4.69, 9.17) is 0 Å². The molecule has 0 aromatic heterocycles. The molecule has 2 rings (SSSR count). The van der Waals surface area contributed by atoms with Crippen molar-refractivity contribution in [2.45, 2.75) is 32.3 Å². The molecule has 1 saturated carbocycles. The molecule has 0 radical (unpaired) electrons. The van der Waals surface area contributed by atoms with Gasteiger partial charge in [-0.3, -0.25) is 0 Å². The number of aromatic hydroxyl groups is 2. The predicted molar refractivity (Wildman–Crippen MR) is 52.4 cm³/mol. The number of hydrogen-bond acceptors (Lipinski definition) is 3. The van der Waals surface area contributed by atoms with Crippen LogP contribution >= 0.6 is 0 Å². The fourth-order valence-corrected chi connectivity index (χ4v) is 1.63. The fourth-order valence-electron chi connectivity index (χ4n) is 1.63. The largest absolute Gasteiger partial charge is 0.504 e. The first-order valence-corrected chi connectivity index (χ1v) is 4.71. The van der Waals surface area contributed by atoms with Crippen LogP contribution in [0.2, 0.25) is 0 Å². The van der Waals surface area contributed by atoms with Crippen LogP contribution in [-0.4, -0.2) is 15.3 Å². The molecule has 0 unspecified atom stereocenters. The molecular weight excluding hydrogens is 180 g/mol. The number of benzene rings is 1. The molecule has 3 N–H and O–H groups in total. The van der Waals surface area contributed by atoms with Gasteiger partial charge in [0, 0.05) is 5.56 Å². The minimum atomic E-state index is -0.903. The third-order valence-electron chi connectivity index (χ3n) is 3.01. The first-order chi connectivity index (χ1) is 6.46. The van der Waals surface area contributed by atoms with Crippen LogP contribution in [0.4, 0.5) is 0 Å². The van der Waals surface area contributed by atoms with Crippen LogP contribution in [0.15, 0.2) is 6.07 Å². The topological polar surface area (TPSA) is 60.7 Å². The lowest BCUT2D eigenvalue weighted by Gasteiger charge is -2.14. The van der Waals surface area contributed by atoms with Crippen molar-refractivity contribution in [2.75, 3.05) is 0 Å². The molecule has 0 amide bonds. The lowest BCUT2D eigenvalue weighted by molar-refractivity contribution is 0.147. The van der Waals surface area contributed by atoms with E-state index in [2.05, 4.69) is 0 Å². The zero-order valence-corrected chi connectivity index (χ0v) is 8.33. The molecule has 0 spiro atoms. The van der Waals surface area contributed by atoms with Crippen LogP contribution in [-0.2, 0) is 5.60 Å². The molecule has 1 fully saturated rings. The average molecular weight is 194 g/mol.